The van der Waals surface area contributed by atoms with Crippen LogP contribution in [0.3, 0.4) is 0 Å². The average molecular weight is 375 g/mol. The highest BCUT2D eigenvalue weighted by Gasteiger charge is 2.33. The Morgan fingerprint density at radius 2 is 2.14 bits per heavy atom. The molecule has 2 atom stereocenters. The highest BCUT2D eigenvalue weighted by Crippen LogP contribution is 2.40. The number of nitrogens with one attached hydrogen (secondary N) is 1. The number of halogens is 1. The van der Waals surface area contributed by atoms with E-state index in [0.717, 1.165) is 10.2 Å². The third-order valence-corrected chi connectivity index (χ3v) is 6.33. The van der Waals surface area contributed by atoms with E-state index in [2.05, 4.69) is 21.2 Å². The molecule has 2 aliphatic heterocycles. The summed E-state index contributed by atoms with van der Waals surface area (Å²) in [4.78, 5) is 13.5. The summed E-state index contributed by atoms with van der Waals surface area (Å²) in [6.07, 6.45) is -1.15. The Morgan fingerprint density at radius 3 is 2.81 bits per heavy atom. The Morgan fingerprint density at radius 1 is 1.43 bits per heavy atom. The van der Waals surface area contributed by atoms with Crippen molar-refractivity contribution >= 4 is 43.0 Å². The molecule has 2 aliphatic rings. The number of sulfone groups is 1. The first-order valence-electron chi connectivity index (χ1n) is 6.58. The number of nitrogens with zero attached hydrogens (tertiary/aromatic N) is 1. The van der Waals surface area contributed by atoms with E-state index in [1.54, 1.807) is 12.1 Å². The molecule has 0 spiro atoms. The molecule has 8 heteroatoms. The summed E-state index contributed by atoms with van der Waals surface area (Å²) in [5.74, 6) is -0.204. The molecule has 1 saturated heterocycles. The Balaban J connectivity index is 1.98. The first kappa shape index (κ1) is 14.8. The SMILES string of the molecule is CC1CS(=O)(=O)CCN1c1cc2c(cc1Br)C(O)C(=O)N2. The summed E-state index contributed by atoms with van der Waals surface area (Å²) < 4.78 is 24.1. The molecule has 21 heavy (non-hydrogen) atoms. The molecule has 0 bridgehead atoms. The molecule has 1 aromatic carbocycles. The number of amides is 1. The largest absolute Gasteiger partial charge is 0.378 e. The van der Waals surface area contributed by atoms with Crippen LogP contribution >= 0.6 is 15.9 Å². The molecule has 1 fully saturated rings. The zero-order valence-electron chi connectivity index (χ0n) is 11.3. The van der Waals surface area contributed by atoms with E-state index >= 15 is 0 Å². The molecule has 1 aromatic rings. The van der Waals surface area contributed by atoms with Crippen molar-refractivity contribution in [2.24, 2.45) is 0 Å². The zero-order chi connectivity index (χ0) is 15.4. The molecule has 3 rings (SSSR count). The number of carbonyl (C=O) groups excluding carboxylic acids is 1. The van der Waals surface area contributed by atoms with Crippen molar-refractivity contribution in [3.8, 4) is 0 Å². The lowest BCUT2D eigenvalue weighted by atomic mass is 10.1. The lowest BCUT2D eigenvalue weighted by Gasteiger charge is -2.36. The summed E-state index contributed by atoms with van der Waals surface area (Å²) in [7, 11) is -2.98. The van der Waals surface area contributed by atoms with Gasteiger partial charge < -0.3 is 15.3 Å². The second-order valence-electron chi connectivity index (χ2n) is 5.44. The Hall–Kier alpha value is -1.12. The molecule has 114 valence electrons. The quantitative estimate of drug-likeness (QED) is 0.767. The van der Waals surface area contributed by atoms with Gasteiger partial charge in [-0.05, 0) is 35.0 Å². The normalized spacial score (nSPS) is 27.4. The Kier molecular flexibility index (Phi) is 3.50. The van der Waals surface area contributed by atoms with Crippen LogP contribution in [0.4, 0.5) is 11.4 Å². The van der Waals surface area contributed by atoms with Crippen molar-refractivity contribution in [1.29, 1.82) is 0 Å². The second kappa shape index (κ2) is 4.96. The van der Waals surface area contributed by atoms with Crippen LogP contribution in [-0.2, 0) is 14.6 Å². The number of hydrogen-bond acceptors (Lipinski definition) is 5. The maximum atomic E-state index is 11.7. The van der Waals surface area contributed by atoms with Gasteiger partial charge in [-0.15, -0.1) is 0 Å². The van der Waals surface area contributed by atoms with Gasteiger partial charge in [-0.25, -0.2) is 8.42 Å². The minimum atomic E-state index is -2.98. The van der Waals surface area contributed by atoms with Crippen molar-refractivity contribution in [3.05, 3.63) is 22.2 Å². The van der Waals surface area contributed by atoms with Crippen molar-refractivity contribution in [1.82, 2.24) is 0 Å². The zero-order valence-corrected chi connectivity index (χ0v) is 13.7. The van der Waals surface area contributed by atoms with Gasteiger partial charge in [0.25, 0.3) is 5.91 Å². The molecule has 0 radical (unpaired) electrons. The Bertz CT molecular complexity index is 719. The first-order chi connectivity index (χ1) is 9.78. The minimum Gasteiger partial charge on any atom is -0.378 e. The lowest BCUT2D eigenvalue weighted by molar-refractivity contribution is -0.123. The van der Waals surface area contributed by atoms with Gasteiger partial charge in [-0.1, -0.05) is 0 Å². The maximum absolute atomic E-state index is 11.7. The fraction of sp³-hybridized carbons (Fsp3) is 0.462. The number of anilines is 2. The highest BCUT2D eigenvalue weighted by molar-refractivity contribution is 9.10. The van der Waals surface area contributed by atoms with Gasteiger partial charge in [0.05, 0.1) is 17.2 Å². The van der Waals surface area contributed by atoms with Crippen molar-refractivity contribution in [3.63, 3.8) is 0 Å². The smallest absolute Gasteiger partial charge is 0.257 e. The van der Waals surface area contributed by atoms with Gasteiger partial charge in [0, 0.05) is 28.3 Å². The van der Waals surface area contributed by atoms with Crippen LogP contribution in [0, 0.1) is 0 Å². The van der Waals surface area contributed by atoms with Crippen molar-refractivity contribution in [2.45, 2.75) is 19.1 Å². The molecular weight excluding hydrogens is 360 g/mol. The van der Waals surface area contributed by atoms with Crippen LogP contribution in [0.5, 0.6) is 0 Å². The molecule has 0 saturated carbocycles. The predicted molar refractivity (Wildman–Crippen MR) is 83.2 cm³/mol. The van der Waals surface area contributed by atoms with Crippen LogP contribution in [-0.4, -0.2) is 43.5 Å². The van der Waals surface area contributed by atoms with Crippen LogP contribution in [0.25, 0.3) is 0 Å². The van der Waals surface area contributed by atoms with E-state index < -0.39 is 21.8 Å². The monoisotopic (exact) mass is 374 g/mol. The van der Waals surface area contributed by atoms with Gasteiger partial charge >= 0.3 is 0 Å². The van der Waals surface area contributed by atoms with E-state index in [0.29, 0.717) is 17.8 Å². The summed E-state index contributed by atoms with van der Waals surface area (Å²) in [6.45, 7) is 2.28. The number of rotatable bonds is 1. The van der Waals surface area contributed by atoms with E-state index in [4.69, 9.17) is 0 Å². The topological polar surface area (TPSA) is 86.7 Å². The predicted octanol–water partition coefficient (Wildman–Crippen LogP) is 1.06. The molecule has 2 unspecified atom stereocenters. The van der Waals surface area contributed by atoms with E-state index in [1.807, 2.05) is 11.8 Å². The molecule has 2 N–H and O–H groups in total. The number of aliphatic hydroxyl groups is 1. The summed E-state index contributed by atoms with van der Waals surface area (Å²) >= 11 is 3.45. The standard InChI is InChI=1S/C13H15BrN2O4S/c1-7-6-21(19,20)3-2-16(7)11-5-10-8(4-9(11)14)12(17)13(18)15-10/h4-5,7,12,17H,2-3,6H2,1H3,(H,15,18). The molecule has 6 nitrogen and oxygen atoms in total. The third kappa shape index (κ3) is 2.56. The number of fused-ring (bicyclic) bond motifs is 1. The van der Waals surface area contributed by atoms with Crippen LogP contribution in [0.1, 0.15) is 18.6 Å². The molecule has 0 aromatic heterocycles. The molecule has 1 amide bonds. The van der Waals surface area contributed by atoms with E-state index in [1.165, 1.54) is 0 Å². The highest BCUT2D eigenvalue weighted by atomic mass is 79.9. The summed E-state index contributed by atoms with van der Waals surface area (Å²) in [5, 5.41) is 12.4. The second-order valence-corrected chi connectivity index (χ2v) is 8.52. The van der Waals surface area contributed by atoms with Crippen molar-refractivity contribution < 1.29 is 18.3 Å². The van der Waals surface area contributed by atoms with E-state index in [-0.39, 0.29) is 17.5 Å². The first-order valence-corrected chi connectivity index (χ1v) is 9.19. The lowest BCUT2D eigenvalue weighted by Crippen LogP contribution is -2.47. The van der Waals surface area contributed by atoms with Gasteiger partial charge in [-0.3, -0.25) is 4.79 Å². The molecular formula is C13H15BrN2O4S. The average Bonchev–Trinajstić information content (AvgIpc) is 2.64. The number of hydrogen-bond donors (Lipinski definition) is 2. The maximum Gasteiger partial charge on any atom is 0.257 e. The number of carbonyl (C=O) groups is 1. The van der Waals surface area contributed by atoms with Crippen LogP contribution < -0.4 is 10.2 Å². The number of benzene rings is 1. The van der Waals surface area contributed by atoms with Crippen molar-refractivity contribution in [2.75, 3.05) is 28.3 Å². The molecule has 2 heterocycles. The van der Waals surface area contributed by atoms with Gasteiger partial charge in [0.2, 0.25) is 0 Å². The Labute approximate surface area is 131 Å². The number of aliphatic hydroxyl groups excluding tert-OH is 1. The minimum absolute atomic E-state index is 0.117. The van der Waals surface area contributed by atoms with Crippen LogP contribution in [0.15, 0.2) is 16.6 Å². The third-order valence-electron chi connectivity index (χ3n) is 3.90. The molecule has 0 aliphatic carbocycles. The fourth-order valence-electron chi connectivity index (χ4n) is 2.83. The summed E-state index contributed by atoms with van der Waals surface area (Å²) in [5.41, 5.74) is 1.93. The van der Waals surface area contributed by atoms with Gasteiger partial charge in [0.15, 0.2) is 15.9 Å². The van der Waals surface area contributed by atoms with Gasteiger partial charge in [0.1, 0.15) is 0 Å². The fourth-order valence-corrected chi connectivity index (χ4v) is 4.98. The van der Waals surface area contributed by atoms with E-state index in [9.17, 15) is 18.3 Å². The van der Waals surface area contributed by atoms with Gasteiger partial charge in [-0.2, -0.15) is 0 Å². The summed E-state index contributed by atoms with van der Waals surface area (Å²) in [6, 6.07) is 3.35. The van der Waals surface area contributed by atoms with Crippen LogP contribution in [0.2, 0.25) is 0 Å².